The Morgan fingerprint density at radius 2 is 1.77 bits per heavy atom. The van der Waals surface area contributed by atoms with Gasteiger partial charge in [-0.2, -0.15) is 0 Å². The zero-order valence-electron chi connectivity index (χ0n) is 12.6. The molecule has 0 saturated heterocycles. The monoisotopic (exact) mass is 363 g/mol. The molecule has 22 heavy (non-hydrogen) atoms. The molecule has 1 heterocycles. The summed E-state index contributed by atoms with van der Waals surface area (Å²) < 4.78 is 10.5. The van der Waals surface area contributed by atoms with E-state index in [1.807, 2.05) is 31.2 Å². The Morgan fingerprint density at radius 3 is 2.32 bits per heavy atom. The number of hydrogen-bond acceptors (Lipinski definition) is 3. The smallest absolute Gasteiger partial charge is 0.423 e. The summed E-state index contributed by atoms with van der Waals surface area (Å²) in [6, 6.07) is 7.72. The second-order valence-electron chi connectivity index (χ2n) is 5.47. The second kappa shape index (κ2) is 5.84. The normalized spacial score (nSPS) is 12.5. The third kappa shape index (κ3) is 3.14. The zero-order valence-corrected chi connectivity index (χ0v) is 14.9. The van der Waals surface area contributed by atoms with Crippen LogP contribution in [0.4, 0.5) is 4.79 Å². The van der Waals surface area contributed by atoms with Crippen molar-refractivity contribution in [2.45, 2.75) is 30.2 Å². The van der Waals surface area contributed by atoms with Gasteiger partial charge in [0.25, 0.3) is 0 Å². The molecule has 2 rings (SSSR count). The number of rotatable bonds is 2. The number of alkyl halides is 3. The average molecular weight is 365 g/mol. The van der Waals surface area contributed by atoms with E-state index in [4.69, 9.17) is 44.3 Å². The lowest BCUT2D eigenvalue weighted by Crippen LogP contribution is -2.42. The minimum absolute atomic E-state index is 0.395. The highest BCUT2D eigenvalue weighted by atomic mass is 35.6. The molecule has 0 amide bonds. The van der Waals surface area contributed by atoms with Crippen LogP contribution in [0.25, 0.3) is 10.9 Å². The number of aromatic nitrogens is 1. The number of nitrogens with zero attached hydrogens (tertiary/aromatic N) is 1. The fraction of sp³-hybridized carbons (Fsp3) is 0.400. The number of benzene rings is 1. The minimum atomic E-state index is -1.76. The summed E-state index contributed by atoms with van der Waals surface area (Å²) in [4.78, 5) is 12.0. The number of fused-ring (bicyclic) bond motifs is 1. The Balaban J connectivity index is 2.27. The second-order valence-corrected chi connectivity index (χ2v) is 7.75. The van der Waals surface area contributed by atoms with E-state index < -0.39 is 15.5 Å². The molecule has 0 aliphatic heterocycles. The average Bonchev–Trinajstić information content (AvgIpc) is 2.63. The van der Waals surface area contributed by atoms with Gasteiger partial charge < -0.3 is 14.0 Å². The molecule has 0 fully saturated rings. The van der Waals surface area contributed by atoms with Crippen molar-refractivity contribution in [3.05, 3.63) is 29.8 Å². The summed E-state index contributed by atoms with van der Waals surface area (Å²) in [6.45, 7) is 4.86. The van der Waals surface area contributed by atoms with E-state index in [0.717, 1.165) is 16.5 Å². The Labute approximate surface area is 143 Å². The number of aryl methyl sites for hydroxylation is 2. The molecule has 0 aliphatic carbocycles. The minimum Gasteiger partial charge on any atom is -0.423 e. The van der Waals surface area contributed by atoms with Crippen molar-refractivity contribution < 1.29 is 14.3 Å². The van der Waals surface area contributed by atoms with Gasteiger partial charge in [0.05, 0.1) is 5.52 Å². The summed E-state index contributed by atoms with van der Waals surface area (Å²) in [7, 11) is 1.80. The van der Waals surface area contributed by atoms with Crippen LogP contribution < -0.4 is 4.74 Å². The van der Waals surface area contributed by atoms with Crippen LogP contribution in [0.5, 0.6) is 5.88 Å². The molecule has 0 saturated carbocycles. The maximum absolute atomic E-state index is 12.0. The van der Waals surface area contributed by atoms with Crippen LogP contribution >= 0.6 is 34.8 Å². The molecule has 0 N–H and O–H groups in total. The van der Waals surface area contributed by atoms with E-state index in [-0.39, 0.29) is 0 Å². The Bertz CT molecular complexity index is 678. The Hall–Kier alpha value is -1.10. The van der Waals surface area contributed by atoms with Crippen molar-refractivity contribution in [1.29, 1.82) is 0 Å². The van der Waals surface area contributed by atoms with Gasteiger partial charge in [-0.3, -0.25) is 0 Å². The number of hydrogen-bond donors (Lipinski definition) is 0. The van der Waals surface area contributed by atoms with E-state index in [9.17, 15) is 4.79 Å². The van der Waals surface area contributed by atoms with Crippen molar-refractivity contribution in [2.24, 2.45) is 7.05 Å². The van der Waals surface area contributed by atoms with Gasteiger partial charge in [-0.15, -0.1) is 0 Å². The van der Waals surface area contributed by atoms with Crippen LogP contribution in [0.15, 0.2) is 24.3 Å². The number of carbonyl (C=O) groups excluding carboxylic acids is 1. The number of para-hydroxylation sites is 1. The van der Waals surface area contributed by atoms with Gasteiger partial charge in [-0.25, -0.2) is 4.79 Å². The first-order chi connectivity index (χ1) is 10.0. The molecule has 0 atom stereocenters. The highest BCUT2D eigenvalue weighted by Crippen LogP contribution is 2.40. The van der Waals surface area contributed by atoms with Gasteiger partial charge in [-0.05, 0) is 26.8 Å². The first kappa shape index (κ1) is 17.3. The summed E-state index contributed by atoms with van der Waals surface area (Å²) in [6.07, 6.45) is -0.926. The van der Waals surface area contributed by atoms with Crippen LogP contribution in [0, 0.1) is 6.92 Å². The topological polar surface area (TPSA) is 40.5 Å². The van der Waals surface area contributed by atoms with Crippen LogP contribution in [0.1, 0.15) is 19.4 Å². The third-order valence-electron chi connectivity index (χ3n) is 3.50. The molecule has 0 spiro atoms. The molecule has 0 radical (unpaired) electrons. The summed E-state index contributed by atoms with van der Waals surface area (Å²) in [5.41, 5.74) is 0.456. The predicted octanol–water partition coefficient (Wildman–Crippen LogP) is 5.15. The SMILES string of the molecule is Cc1c(OC(=O)OC(C)(C)C(Cl)(Cl)Cl)n(C)c2ccccc12. The van der Waals surface area contributed by atoms with Crippen molar-refractivity contribution >= 4 is 51.9 Å². The van der Waals surface area contributed by atoms with E-state index >= 15 is 0 Å². The molecule has 0 aliphatic rings. The molecular formula is C15H16Cl3NO3. The molecule has 7 heteroatoms. The highest BCUT2D eigenvalue weighted by Gasteiger charge is 2.44. The van der Waals surface area contributed by atoms with Crippen LogP contribution in [-0.4, -0.2) is 20.1 Å². The van der Waals surface area contributed by atoms with Gasteiger partial charge in [0.1, 0.15) is 0 Å². The van der Waals surface area contributed by atoms with Crippen LogP contribution in [0.3, 0.4) is 0 Å². The highest BCUT2D eigenvalue weighted by molar-refractivity contribution is 6.68. The molecule has 120 valence electrons. The predicted molar refractivity (Wildman–Crippen MR) is 89.1 cm³/mol. The van der Waals surface area contributed by atoms with E-state index in [1.54, 1.807) is 11.6 Å². The van der Waals surface area contributed by atoms with Gasteiger partial charge in [0.15, 0.2) is 5.60 Å². The molecule has 0 bridgehead atoms. The number of carbonyl (C=O) groups is 1. The zero-order chi connectivity index (χ0) is 16.7. The number of halogens is 3. The van der Waals surface area contributed by atoms with Crippen molar-refractivity contribution in [3.63, 3.8) is 0 Å². The first-order valence-corrected chi connectivity index (χ1v) is 7.69. The van der Waals surface area contributed by atoms with Gasteiger partial charge in [0, 0.05) is 18.0 Å². The molecule has 2 aromatic rings. The number of ether oxygens (including phenoxy) is 2. The molecule has 1 aromatic carbocycles. The fourth-order valence-corrected chi connectivity index (χ4v) is 2.19. The first-order valence-electron chi connectivity index (χ1n) is 6.56. The maximum Gasteiger partial charge on any atom is 0.515 e. The summed E-state index contributed by atoms with van der Waals surface area (Å²) in [5.74, 6) is 0.395. The van der Waals surface area contributed by atoms with Crippen molar-refractivity contribution in [2.75, 3.05) is 0 Å². The quantitative estimate of drug-likeness (QED) is 0.546. The summed E-state index contributed by atoms with van der Waals surface area (Å²) in [5, 5.41) is 0.994. The molecule has 4 nitrogen and oxygen atoms in total. The van der Waals surface area contributed by atoms with Crippen LogP contribution in [0.2, 0.25) is 0 Å². The Morgan fingerprint density at radius 1 is 1.18 bits per heavy atom. The Kier molecular flexibility index (Phi) is 4.58. The fourth-order valence-electron chi connectivity index (χ4n) is 2.07. The van der Waals surface area contributed by atoms with Crippen molar-refractivity contribution in [1.82, 2.24) is 4.57 Å². The molecular weight excluding hydrogens is 349 g/mol. The maximum atomic E-state index is 12.0. The summed E-state index contributed by atoms with van der Waals surface area (Å²) >= 11 is 17.4. The lowest BCUT2D eigenvalue weighted by Gasteiger charge is -2.31. The molecule has 0 unspecified atom stereocenters. The van der Waals surface area contributed by atoms with Gasteiger partial charge in [0.2, 0.25) is 9.67 Å². The lowest BCUT2D eigenvalue weighted by atomic mass is 10.2. The van der Waals surface area contributed by atoms with Crippen LogP contribution in [-0.2, 0) is 11.8 Å². The van der Waals surface area contributed by atoms with Gasteiger partial charge in [-0.1, -0.05) is 53.0 Å². The third-order valence-corrected chi connectivity index (χ3v) is 4.86. The van der Waals surface area contributed by atoms with Gasteiger partial charge >= 0.3 is 6.16 Å². The lowest BCUT2D eigenvalue weighted by molar-refractivity contribution is 0.0100. The van der Waals surface area contributed by atoms with E-state index in [1.165, 1.54) is 13.8 Å². The van der Waals surface area contributed by atoms with E-state index in [2.05, 4.69) is 0 Å². The van der Waals surface area contributed by atoms with Crippen molar-refractivity contribution in [3.8, 4) is 5.88 Å². The molecule has 1 aromatic heterocycles. The largest absolute Gasteiger partial charge is 0.515 e. The standard InChI is InChI=1S/C15H16Cl3NO3/c1-9-10-7-5-6-8-11(10)19(4)12(9)21-13(20)22-14(2,3)15(16,17)18/h5-8H,1-4H3. The van der Waals surface area contributed by atoms with E-state index in [0.29, 0.717) is 5.88 Å².